The van der Waals surface area contributed by atoms with Crippen LogP contribution < -0.4 is 5.73 Å². The average Bonchev–Trinajstić information content (AvgIpc) is 1.98. The summed E-state index contributed by atoms with van der Waals surface area (Å²) in [6.45, 7) is 4.05. The van der Waals surface area contributed by atoms with Gasteiger partial charge in [0.2, 0.25) is 5.91 Å². The Labute approximate surface area is 67.8 Å². The van der Waals surface area contributed by atoms with Gasteiger partial charge >= 0.3 is 0 Å². The Balaban J connectivity index is 3.81. The van der Waals surface area contributed by atoms with Crippen LogP contribution in [0.3, 0.4) is 0 Å². The van der Waals surface area contributed by atoms with Gasteiger partial charge in [0.15, 0.2) is 0 Å². The van der Waals surface area contributed by atoms with Gasteiger partial charge in [0.05, 0.1) is 0 Å². The first kappa shape index (κ1) is 9.95. The Kier molecular flexibility index (Phi) is 5.17. The SMILES string of the molecule is C/C=C(/C=C/CC(N)=O)CC. The van der Waals surface area contributed by atoms with Crippen LogP contribution in [0.1, 0.15) is 26.7 Å². The molecule has 0 saturated carbocycles. The normalized spacial score (nSPS) is 12.4. The van der Waals surface area contributed by atoms with Crippen molar-refractivity contribution in [1.82, 2.24) is 0 Å². The summed E-state index contributed by atoms with van der Waals surface area (Å²) in [5.74, 6) is -0.284. The van der Waals surface area contributed by atoms with Crippen LogP contribution in [0.4, 0.5) is 0 Å². The van der Waals surface area contributed by atoms with Gasteiger partial charge < -0.3 is 5.73 Å². The Hall–Kier alpha value is -1.05. The molecule has 0 atom stereocenters. The van der Waals surface area contributed by atoms with Crippen molar-refractivity contribution in [2.75, 3.05) is 0 Å². The summed E-state index contributed by atoms with van der Waals surface area (Å²) in [6, 6.07) is 0. The van der Waals surface area contributed by atoms with E-state index in [9.17, 15) is 4.79 Å². The van der Waals surface area contributed by atoms with Crippen molar-refractivity contribution in [2.45, 2.75) is 26.7 Å². The molecule has 2 nitrogen and oxygen atoms in total. The number of primary amides is 1. The van der Waals surface area contributed by atoms with Gasteiger partial charge in [-0.3, -0.25) is 4.79 Å². The van der Waals surface area contributed by atoms with E-state index in [0.717, 1.165) is 6.42 Å². The summed E-state index contributed by atoms with van der Waals surface area (Å²) in [6.07, 6.45) is 7.08. The van der Waals surface area contributed by atoms with Crippen molar-refractivity contribution < 1.29 is 4.79 Å². The van der Waals surface area contributed by atoms with Gasteiger partial charge in [0, 0.05) is 6.42 Å². The van der Waals surface area contributed by atoms with E-state index in [2.05, 4.69) is 6.92 Å². The van der Waals surface area contributed by atoms with Crippen LogP contribution in [-0.2, 0) is 4.79 Å². The molecule has 0 aliphatic rings. The van der Waals surface area contributed by atoms with Gasteiger partial charge in [-0.2, -0.15) is 0 Å². The second-order valence-corrected chi connectivity index (χ2v) is 2.29. The number of hydrogen-bond donors (Lipinski definition) is 1. The van der Waals surface area contributed by atoms with Crippen LogP contribution in [-0.4, -0.2) is 5.91 Å². The zero-order chi connectivity index (χ0) is 8.69. The summed E-state index contributed by atoms with van der Waals surface area (Å²) >= 11 is 0. The maximum atomic E-state index is 10.3. The van der Waals surface area contributed by atoms with Crippen LogP contribution in [0.5, 0.6) is 0 Å². The first-order valence-electron chi connectivity index (χ1n) is 3.80. The molecule has 0 spiro atoms. The Morgan fingerprint density at radius 3 is 2.55 bits per heavy atom. The summed E-state index contributed by atoms with van der Waals surface area (Å²) < 4.78 is 0. The molecule has 2 heteroatoms. The number of carbonyl (C=O) groups excluding carboxylic acids is 1. The van der Waals surface area contributed by atoms with E-state index in [1.54, 1.807) is 6.08 Å². The number of carbonyl (C=O) groups is 1. The molecule has 0 fully saturated rings. The molecule has 0 saturated heterocycles. The maximum Gasteiger partial charge on any atom is 0.221 e. The maximum absolute atomic E-state index is 10.3. The molecule has 11 heavy (non-hydrogen) atoms. The van der Waals surface area contributed by atoms with Crippen LogP contribution in [0.2, 0.25) is 0 Å². The highest BCUT2D eigenvalue weighted by Gasteiger charge is 1.87. The Morgan fingerprint density at radius 2 is 2.18 bits per heavy atom. The van der Waals surface area contributed by atoms with Crippen LogP contribution in [0, 0.1) is 0 Å². The molecule has 0 rings (SSSR count). The van der Waals surface area contributed by atoms with Crippen LogP contribution in [0.25, 0.3) is 0 Å². The van der Waals surface area contributed by atoms with Gasteiger partial charge in [-0.25, -0.2) is 0 Å². The van der Waals surface area contributed by atoms with Gasteiger partial charge in [0.25, 0.3) is 0 Å². The number of hydrogen-bond acceptors (Lipinski definition) is 1. The monoisotopic (exact) mass is 153 g/mol. The second-order valence-electron chi connectivity index (χ2n) is 2.29. The summed E-state index contributed by atoms with van der Waals surface area (Å²) in [5.41, 5.74) is 6.18. The molecule has 0 aliphatic carbocycles. The van der Waals surface area contributed by atoms with Crippen molar-refractivity contribution in [1.29, 1.82) is 0 Å². The molecule has 0 aromatic carbocycles. The molecule has 0 aromatic rings. The third-order valence-electron chi connectivity index (χ3n) is 1.43. The van der Waals surface area contributed by atoms with Gasteiger partial charge in [-0.1, -0.05) is 30.7 Å². The number of nitrogens with two attached hydrogens (primary N) is 1. The quantitative estimate of drug-likeness (QED) is 0.614. The van der Waals surface area contributed by atoms with E-state index in [-0.39, 0.29) is 5.91 Å². The largest absolute Gasteiger partial charge is 0.369 e. The zero-order valence-electron chi connectivity index (χ0n) is 7.13. The summed E-state index contributed by atoms with van der Waals surface area (Å²) in [5, 5.41) is 0. The second kappa shape index (κ2) is 5.71. The third kappa shape index (κ3) is 5.40. The van der Waals surface area contributed by atoms with Crippen molar-refractivity contribution in [3.05, 3.63) is 23.8 Å². The molecule has 0 aliphatic heterocycles. The van der Waals surface area contributed by atoms with Crippen molar-refractivity contribution >= 4 is 5.91 Å². The highest BCUT2D eigenvalue weighted by Crippen LogP contribution is 2.01. The zero-order valence-corrected chi connectivity index (χ0v) is 7.13. The molecule has 1 amide bonds. The summed E-state index contributed by atoms with van der Waals surface area (Å²) in [4.78, 5) is 10.3. The summed E-state index contributed by atoms with van der Waals surface area (Å²) in [7, 11) is 0. The minimum atomic E-state index is -0.284. The molecule has 0 bridgehead atoms. The van der Waals surface area contributed by atoms with E-state index in [1.165, 1.54) is 5.57 Å². The van der Waals surface area contributed by atoms with Gasteiger partial charge in [0.1, 0.15) is 0 Å². The molecule has 62 valence electrons. The fraction of sp³-hybridized carbons (Fsp3) is 0.444. The topological polar surface area (TPSA) is 43.1 Å². The van der Waals surface area contributed by atoms with Gasteiger partial charge in [-0.05, 0) is 13.3 Å². The lowest BCUT2D eigenvalue weighted by Gasteiger charge is -1.92. The minimum Gasteiger partial charge on any atom is -0.369 e. The van der Waals surface area contributed by atoms with E-state index >= 15 is 0 Å². The van der Waals surface area contributed by atoms with E-state index < -0.39 is 0 Å². The predicted molar refractivity (Wildman–Crippen MR) is 47.0 cm³/mol. The lowest BCUT2D eigenvalue weighted by Crippen LogP contribution is -2.07. The first-order chi connectivity index (χ1) is 5.20. The number of amides is 1. The molecule has 0 unspecified atom stereocenters. The molecular weight excluding hydrogens is 138 g/mol. The van der Waals surface area contributed by atoms with Crippen molar-refractivity contribution in [2.24, 2.45) is 5.73 Å². The Bertz CT molecular complexity index is 180. The highest BCUT2D eigenvalue weighted by atomic mass is 16.1. The van der Waals surface area contributed by atoms with Crippen molar-refractivity contribution in [3.8, 4) is 0 Å². The third-order valence-corrected chi connectivity index (χ3v) is 1.43. The number of allylic oxidation sites excluding steroid dienone is 3. The van der Waals surface area contributed by atoms with Gasteiger partial charge in [-0.15, -0.1) is 0 Å². The fourth-order valence-corrected chi connectivity index (χ4v) is 0.745. The fourth-order valence-electron chi connectivity index (χ4n) is 0.745. The number of rotatable bonds is 4. The predicted octanol–water partition coefficient (Wildman–Crippen LogP) is 1.77. The minimum absolute atomic E-state index is 0.284. The molecule has 0 aromatic heterocycles. The molecule has 0 heterocycles. The molecule has 0 radical (unpaired) electrons. The van der Waals surface area contributed by atoms with E-state index in [4.69, 9.17) is 5.73 Å². The smallest absolute Gasteiger partial charge is 0.221 e. The standard InChI is InChI=1S/C9H15NO/c1-3-8(4-2)6-5-7-9(10)11/h3,5-6H,4,7H2,1-2H3,(H2,10,11)/b6-5+,8-3+. The average molecular weight is 153 g/mol. The van der Waals surface area contributed by atoms with E-state index in [1.807, 2.05) is 19.1 Å². The van der Waals surface area contributed by atoms with Crippen LogP contribution >= 0.6 is 0 Å². The van der Waals surface area contributed by atoms with E-state index in [0.29, 0.717) is 6.42 Å². The first-order valence-corrected chi connectivity index (χ1v) is 3.80. The van der Waals surface area contributed by atoms with Crippen LogP contribution in [0.15, 0.2) is 23.8 Å². The highest BCUT2D eigenvalue weighted by molar-refractivity contribution is 5.75. The molecular formula is C9H15NO. The molecule has 2 N–H and O–H groups in total. The Morgan fingerprint density at radius 1 is 1.55 bits per heavy atom. The van der Waals surface area contributed by atoms with Crippen molar-refractivity contribution in [3.63, 3.8) is 0 Å². The lowest BCUT2D eigenvalue weighted by molar-refractivity contribution is -0.117. The lowest BCUT2D eigenvalue weighted by atomic mass is 10.2.